The Kier molecular flexibility index (Phi) is 3.30. The average molecular weight is 189 g/mol. The van der Waals surface area contributed by atoms with Gasteiger partial charge in [0.1, 0.15) is 6.17 Å². The van der Waals surface area contributed by atoms with Crippen LogP contribution in [0.25, 0.3) is 0 Å². The van der Waals surface area contributed by atoms with E-state index in [2.05, 4.69) is 18.7 Å². The molecule has 0 unspecified atom stereocenters. The molecule has 0 saturated carbocycles. The summed E-state index contributed by atoms with van der Waals surface area (Å²) in [6.45, 7) is 7.96. The summed E-state index contributed by atoms with van der Waals surface area (Å²) in [7, 11) is 0. The molecule has 1 fully saturated rings. The molecule has 1 aliphatic rings. The summed E-state index contributed by atoms with van der Waals surface area (Å²) in [5.41, 5.74) is -1.10. The molecule has 0 amide bonds. The van der Waals surface area contributed by atoms with Crippen LogP contribution in [0.15, 0.2) is 0 Å². The number of hydrogen-bond acceptors (Lipinski definition) is 2. The van der Waals surface area contributed by atoms with Crippen molar-refractivity contribution in [2.24, 2.45) is 5.92 Å². The predicted octanol–water partition coefficient (Wildman–Crippen LogP) is 1.44. The molecule has 0 aromatic heterocycles. The van der Waals surface area contributed by atoms with Crippen molar-refractivity contribution in [2.45, 2.75) is 39.0 Å². The Balaban J connectivity index is 2.42. The van der Waals surface area contributed by atoms with Crippen molar-refractivity contribution in [1.29, 1.82) is 0 Å². The van der Waals surface area contributed by atoms with E-state index >= 15 is 0 Å². The highest BCUT2D eigenvalue weighted by Crippen LogP contribution is 2.24. The zero-order valence-corrected chi connectivity index (χ0v) is 8.76. The lowest BCUT2D eigenvalue weighted by Crippen LogP contribution is -2.52. The summed E-state index contributed by atoms with van der Waals surface area (Å²) in [6.07, 6.45) is -0.555. The van der Waals surface area contributed by atoms with Gasteiger partial charge in [-0.2, -0.15) is 0 Å². The first-order valence-electron chi connectivity index (χ1n) is 5.00. The molecule has 0 aromatic rings. The zero-order chi connectivity index (χ0) is 10.1. The van der Waals surface area contributed by atoms with Crippen LogP contribution in [-0.2, 0) is 0 Å². The fourth-order valence-electron chi connectivity index (χ4n) is 1.74. The minimum absolute atomic E-state index is 0.380. The van der Waals surface area contributed by atoms with Gasteiger partial charge in [0, 0.05) is 19.6 Å². The molecule has 1 saturated heterocycles. The van der Waals surface area contributed by atoms with Crippen LogP contribution in [-0.4, -0.2) is 41.4 Å². The standard InChI is InChI=1S/C10H20FNO/c1-8(2)6-12-5-4-10(3,13)9(11)7-12/h8-9,13H,4-7H2,1-3H3/t9-,10-/m1/s1. The van der Waals surface area contributed by atoms with Crippen molar-refractivity contribution in [1.82, 2.24) is 4.90 Å². The molecular weight excluding hydrogens is 169 g/mol. The summed E-state index contributed by atoms with van der Waals surface area (Å²) >= 11 is 0. The Morgan fingerprint density at radius 2 is 2.23 bits per heavy atom. The lowest BCUT2D eigenvalue weighted by Gasteiger charge is -2.39. The number of halogens is 1. The fourth-order valence-corrected chi connectivity index (χ4v) is 1.74. The Hall–Kier alpha value is -0.150. The van der Waals surface area contributed by atoms with Gasteiger partial charge in [0.05, 0.1) is 5.60 Å². The minimum Gasteiger partial charge on any atom is -0.387 e. The third-order valence-electron chi connectivity index (χ3n) is 2.65. The van der Waals surface area contributed by atoms with Gasteiger partial charge in [-0.05, 0) is 19.3 Å². The van der Waals surface area contributed by atoms with Crippen LogP contribution in [0.2, 0.25) is 0 Å². The van der Waals surface area contributed by atoms with Gasteiger partial charge in [0.2, 0.25) is 0 Å². The van der Waals surface area contributed by atoms with E-state index in [1.54, 1.807) is 6.92 Å². The van der Waals surface area contributed by atoms with Crippen molar-refractivity contribution < 1.29 is 9.50 Å². The summed E-state index contributed by atoms with van der Waals surface area (Å²) in [6, 6.07) is 0. The van der Waals surface area contributed by atoms with E-state index < -0.39 is 11.8 Å². The average Bonchev–Trinajstić information content (AvgIpc) is 1.97. The molecule has 78 valence electrons. The summed E-state index contributed by atoms with van der Waals surface area (Å²) in [5.74, 6) is 0.565. The Labute approximate surface area is 79.7 Å². The molecule has 2 atom stereocenters. The van der Waals surface area contributed by atoms with Crippen LogP contribution >= 0.6 is 0 Å². The smallest absolute Gasteiger partial charge is 0.141 e. The number of aliphatic hydroxyl groups is 1. The van der Waals surface area contributed by atoms with Crippen LogP contribution in [0.4, 0.5) is 4.39 Å². The Morgan fingerprint density at radius 1 is 1.62 bits per heavy atom. The molecule has 3 heteroatoms. The highest BCUT2D eigenvalue weighted by atomic mass is 19.1. The molecule has 1 aliphatic heterocycles. The summed E-state index contributed by atoms with van der Waals surface area (Å²) in [4.78, 5) is 2.09. The molecule has 0 spiro atoms. The van der Waals surface area contributed by atoms with Crippen LogP contribution in [0.3, 0.4) is 0 Å². The van der Waals surface area contributed by atoms with E-state index in [0.29, 0.717) is 18.9 Å². The maximum Gasteiger partial charge on any atom is 0.141 e. The molecule has 0 aromatic carbocycles. The van der Waals surface area contributed by atoms with Crippen molar-refractivity contribution in [3.8, 4) is 0 Å². The zero-order valence-electron chi connectivity index (χ0n) is 8.76. The quantitative estimate of drug-likeness (QED) is 0.710. The third kappa shape index (κ3) is 2.92. The van der Waals surface area contributed by atoms with Crippen molar-refractivity contribution in [3.05, 3.63) is 0 Å². The van der Waals surface area contributed by atoms with Crippen LogP contribution in [0, 0.1) is 5.92 Å². The van der Waals surface area contributed by atoms with E-state index in [4.69, 9.17) is 0 Å². The second-order valence-electron chi connectivity index (χ2n) is 4.73. The molecule has 0 aliphatic carbocycles. The number of hydrogen-bond donors (Lipinski definition) is 1. The number of alkyl halides is 1. The van der Waals surface area contributed by atoms with E-state index in [1.165, 1.54) is 0 Å². The first kappa shape index (κ1) is 10.9. The predicted molar refractivity (Wildman–Crippen MR) is 51.4 cm³/mol. The number of rotatable bonds is 2. The third-order valence-corrected chi connectivity index (χ3v) is 2.65. The summed E-state index contributed by atoms with van der Waals surface area (Å²) in [5, 5.41) is 9.59. The van der Waals surface area contributed by atoms with Gasteiger partial charge in [-0.3, -0.25) is 4.90 Å². The normalized spacial score (nSPS) is 36.9. The van der Waals surface area contributed by atoms with Crippen molar-refractivity contribution in [3.63, 3.8) is 0 Å². The molecule has 1 heterocycles. The maximum absolute atomic E-state index is 13.4. The van der Waals surface area contributed by atoms with Crippen LogP contribution < -0.4 is 0 Å². The number of piperidine rings is 1. The largest absolute Gasteiger partial charge is 0.387 e. The van der Waals surface area contributed by atoms with Crippen molar-refractivity contribution in [2.75, 3.05) is 19.6 Å². The summed E-state index contributed by atoms with van der Waals surface area (Å²) < 4.78 is 13.4. The molecule has 0 radical (unpaired) electrons. The lowest BCUT2D eigenvalue weighted by molar-refractivity contribution is -0.0727. The van der Waals surface area contributed by atoms with E-state index in [-0.39, 0.29) is 0 Å². The van der Waals surface area contributed by atoms with Gasteiger partial charge >= 0.3 is 0 Å². The molecule has 13 heavy (non-hydrogen) atoms. The van der Waals surface area contributed by atoms with Gasteiger partial charge in [-0.25, -0.2) is 4.39 Å². The van der Waals surface area contributed by atoms with Gasteiger partial charge < -0.3 is 5.11 Å². The van der Waals surface area contributed by atoms with Gasteiger partial charge in [0.25, 0.3) is 0 Å². The first-order chi connectivity index (χ1) is 5.92. The first-order valence-corrected chi connectivity index (χ1v) is 5.00. The monoisotopic (exact) mass is 189 g/mol. The lowest BCUT2D eigenvalue weighted by atomic mass is 9.91. The van der Waals surface area contributed by atoms with E-state index in [9.17, 15) is 9.50 Å². The molecule has 1 rings (SSSR count). The maximum atomic E-state index is 13.4. The second-order valence-corrected chi connectivity index (χ2v) is 4.73. The highest BCUT2D eigenvalue weighted by Gasteiger charge is 2.37. The molecule has 0 bridgehead atoms. The topological polar surface area (TPSA) is 23.5 Å². The molecule has 1 N–H and O–H groups in total. The molecule has 2 nitrogen and oxygen atoms in total. The van der Waals surface area contributed by atoms with E-state index in [1.807, 2.05) is 0 Å². The Morgan fingerprint density at radius 3 is 2.69 bits per heavy atom. The number of likely N-dealkylation sites (tertiary alicyclic amines) is 1. The van der Waals surface area contributed by atoms with Crippen LogP contribution in [0.5, 0.6) is 0 Å². The van der Waals surface area contributed by atoms with Gasteiger partial charge in [-0.15, -0.1) is 0 Å². The van der Waals surface area contributed by atoms with Gasteiger partial charge in [-0.1, -0.05) is 13.8 Å². The SMILES string of the molecule is CC(C)CN1CC[C@@](C)(O)[C@H](F)C1. The van der Waals surface area contributed by atoms with E-state index in [0.717, 1.165) is 13.1 Å². The number of nitrogens with zero attached hydrogens (tertiary/aromatic N) is 1. The Bertz CT molecular complexity index is 170. The highest BCUT2D eigenvalue weighted by molar-refractivity contribution is 4.90. The fraction of sp³-hybridized carbons (Fsp3) is 1.00. The van der Waals surface area contributed by atoms with Crippen molar-refractivity contribution >= 4 is 0 Å². The minimum atomic E-state index is -1.10. The van der Waals surface area contributed by atoms with Gasteiger partial charge in [0.15, 0.2) is 0 Å². The second kappa shape index (κ2) is 3.93. The van der Waals surface area contributed by atoms with Crippen LogP contribution in [0.1, 0.15) is 27.2 Å². The molecular formula is C10H20FNO.